The fourth-order valence-electron chi connectivity index (χ4n) is 1.56. The van der Waals surface area contributed by atoms with E-state index in [2.05, 4.69) is 44.1 Å². The van der Waals surface area contributed by atoms with Crippen LogP contribution in [0.2, 0.25) is 0 Å². The first-order chi connectivity index (χ1) is 8.04. The Kier molecular flexibility index (Phi) is 5.74. The van der Waals surface area contributed by atoms with Crippen LogP contribution >= 0.6 is 11.3 Å². The minimum Gasteiger partial charge on any atom is -0.312 e. The summed E-state index contributed by atoms with van der Waals surface area (Å²) in [5.74, 6) is 2.67. The number of unbranched alkanes of at least 4 members (excludes halogenated alkanes) is 2. The molecular weight excluding hydrogens is 226 g/mol. The number of thiophene rings is 1. The zero-order valence-corrected chi connectivity index (χ0v) is 12.0. The third-order valence-electron chi connectivity index (χ3n) is 2.62. The summed E-state index contributed by atoms with van der Waals surface area (Å²) in [7, 11) is 0. The van der Waals surface area contributed by atoms with Crippen molar-refractivity contribution in [3.8, 4) is 12.3 Å². The van der Waals surface area contributed by atoms with E-state index >= 15 is 0 Å². The minimum absolute atomic E-state index is 0.274. The van der Waals surface area contributed by atoms with E-state index < -0.39 is 0 Å². The molecule has 0 aliphatic carbocycles. The molecule has 0 aliphatic rings. The Morgan fingerprint density at radius 3 is 2.65 bits per heavy atom. The molecular formula is C15H23NS. The maximum atomic E-state index is 5.21. The largest absolute Gasteiger partial charge is 0.312 e. The first-order valence-electron chi connectivity index (χ1n) is 6.27. The Hall–Kier alpha value is -0.780. The van der Waals surface area contributed by atoms with Crippen LogP contribution in [0.4, 0.5) is 0 Å². The van der Waals surface area contributed by atoms with E-state index in [1.807, 2.05) is 11.3 Å². The van der Waals surface area contributed by atoms with Crippen LogP contribution < -0.4 is 5.32 Å². The highest BCUT2D eigenvalue weighted by atomic mass is 32.1. The van der Waals surface area contributed by atoms with Gasteiger partial charge in [0, 0.05) is 22.7 Å². The third kappa shape index (κ3) is 5.39. The van der Waals surface area contributed by atoms with Crippen LogP contribution in [0.5, 0.6) is 0 Å². The molecule has 0 unspecified atom stereocenters. The molecule has 1 rings (SSSR count). The molecule has 0 radical (unpaired) electrons. The molecule has 1 N–H and O–H groups in total. The first-order valence-corrected chi connectivity index (χ1v) is 7.09. The predicted octanol–water partition coefficient (Wildman–Crippen LogP) is 3.94. The van der Waals surface area contributed by atoms with E-state index in [4.69, 9.17) is 6.42 Å². The molecule has 0 saturated heterocycles. The summed E-state index contributed by atoms with van der Waals surface area (Å²) in [5.41, 5.74) is 0.274. The molecule has 94 valence electrons. The van der Waals surface area contributed by atoms with Gasteiger partial charge in [0.1, 0.15) is 0 Å². The lowest BCUT2D eigenvalue weighted by atomic mass is 9.95. The summed E-state index contributed by atoms with van der Waals surface area (Å²) in [5, 5.41) is 3.47. The fourth-order valence-corrected chi connectivity index (χ4v) is 2.60. The second-order valence-electron chi connectivity index (χ2n) is 5.35. The second kappa shape index (κ2) is 6.83. The normalized spacial score (nSPS) is 11.4. The van der Waals surface area contributed by atoms with Crippen molar-refractivity contribution >= 4 is 11.3 Å². The zero-order chi connectivity index (χ0) is 12.7. The number of nitrogens with one attached hydrogen (secondary N) is 1. The standard InChI is InChI=1S/C15H23NS/c1-5-6-7-8-11-16-12-13-9-10-14(17-13)15(2,3)4/h1,9-10,16H,6-8,11-12H2,2-4H3. The van der Waals surface area contributed by atoms with Crippen molar-refractivity contribution in [2.45, 2.75) is 52.0 Å². The van der Waals surface area contributed by atoms with Crippen molar-refractivity contribution in [2.24, 2.45) is 0 Å². The molecule has 0 bridgehead atoms. The van der Waals surface area contributed by atoms with Crippen molar-refractivity contribution in [2.75, 3.05) is 6.54 Å². The molecule has 0 amide bonds. The van der Waals surface area contributed by atoms with E-state index in [0.29, 0.717) is 0 Å². The average molecular weight is 249 g/mol. The van der Waals surface area contributed by atoms with Crippen LogP contribution in [-0.2, 0) is 12.0 Å². The van der Waals surface area contributed by atoms with Gasteiger partial charge in [-0.15, -0.1) is 23.7 Å². The summed E-state index contributed by atoms with van der Waals surface area (Å²) in [6.45, 7) is 8.82. The van der Waals surface area contributed by atoms with Crippen LogP contribution in [0.1, 0.15) is 49.8 Å². The fraction of sp³-hybridized carbons (Fsp3) is 0.600. The lowest BCUT2D eigenvalue weighted by Gasteiger charge is -2.15. The first kappa shape index (κ1) is 14.3. The Morgan fingerprint density at radius 1 is 1.29 bits per heavy atom. The summed E-state index contributed by atoms with van der Waals surface area (Å²) < 4.78 is 0. The molecule has 0 fully saturated rings. The van der Waals surface area contributed by atoms with Gasteiger partial charge in [0.15, 0.2) is 0 Å². The predicted molar refractivity (Wildman–Crippen MR) is 77.4 cm³/mol. The monoisotopic (exact) mass is 249 g/mol. The van der Waals surface area contributed by atoms with Gasteiger partial charge in [-0.2, -0.15) is 0 Å². The molecule has 1 nitrogen and oxygen atoms in total. The molecule has 1 aromatic rings. The van der Waals surface area contributed by atoms with Crippen LogP contribution in [0.25, 0.3) is 0 Å². The molecule has 0 saturated carbocycles. The highest BCUT2D eigenvalue weighted by Gasteiger charge is 2.15. The SMILES string of the molecule is C#CCCCCNCc1ccc(C(C)(C)C)s1. The summed E-state index contributed by atoms with van der Waals surface area (Å²) in [6.07, 6.45) is 8.40. The number of hydrogen-bond donors (Lipinski definition) is 1. The van der Waals surface area contributed by atoms with Gasteiger partial charge >= 0.3 is 0 Å². The quantitative estimate of drug-likeness (QED) is 0.595. The molecule has 0 aliphatic heterocycles. The van der Waals surface area contributed by atoms with Crippen LogP contribution in [0, 0.1) is 12.3 Å². The van der Waals surface area contributed by atoms with Gasteiger partial charge in [-0.25, -0.2) is 0 Å². The molecule has 0 spiro atoms. The maximum Gasteiger partial charge on any atom is 0.0299 e. The van der Waals surface area contributed by atoms with Gasteiger partial charge in [-0.3, -0.25) is 0 Å². The number of hydrogen-bond acceptors (Lipinski definition) is 2. The lowest BCUT2D eigenvalue weighted by Crippen LogP contribution is -2.13. The Labute approximate surface area is 110 Å². The van der Waals surface area contributed by atoms with Crippen molar-refractivity contribution in [1.29, 1.82) is 0 Å². The van der Waals surface area contributed by atoms with E-state index in [9.17, 15) is 0 Å². The van der Waals surface area contributed by atoms with Gasteiger partial charge < -0.3 is 5.32 Å². The topological polar surface area (TPSA) is 12.0 Å². The second-order valence-corrected chi connectivity index (χ2v) is 6.52. The van der Waals surface area contributed by atoms with Gasteiger partial charge in [-0.1, -0.05) is 20.8 Å². The molecule has 0 atom stereocenters. The molecule has 0 aromatic carbocycles. The van der Waals surface area contributed by atoms with Crippen molar-refractivity contribution < 1.29 is 0 Å². The van der Waals surface area contributed by atoms with Gasteiger partial charge in [0.05, 0.1) is 0 Å². The molecule has 1 aromatic heterocycles. The van der Waals surface area contributed by atoms with Crippen LogP contribution in [0.15, 0.2) is 12.1 Å². The average Bonchev–Trinajstić information content (AvgIpc) is 2.71. The Morgan fingerprint density at radius 2 is 2.06 bits per heavy atom. The summed E-state index contributed by atoms with van der Waals surface area (Å²) in [6, 6.07) is 4.49. The van der Waals surface area contributed by atoms with Gasteiger partial charge in [0.2, 0.25) is 0 Å². The highest BCUT2D eigenvalue weighted by molar-refractivity contribution is 7.12. The van der Waals surface area contributed by atoms with Gasteiger partial charge in [-0.05, 0) is 36.9 Å². The zero-order valence-electron chi connectivity index (χ0n) is 11.2. The molecule has 1 heterocycles. The molecule has 2 heteroatoms. The summed E-state index contributed by atoms with van der Waals surface area (Å²) in [4.78, 5) is 2.88. The minimum atomic E-state index is 0.274. The van der Waals surface area contributed by atoms with Crippen LogP contribution in [0.3, 0.4) is 0 Å². The Balaban J connectivity index is 2.24. The molecule has 17 heavy (non-hydrogen) atoms. The van der Waals surface area contributed by atoms with E-state index in [1.54, 1.807) is 0 Å². The van der Waals surface area contributed by atoms with Crippen LogP contribution in [-0.4, -0.2) is 6.54 Å². The van der Waals surface area contributed by atoms with Gasteiger partial charge in [0.25, 0.3) is 0 Å². The van der Waals surface area contributed by atoms with E-state index in [1.165, 1.54) is 16.2 Å². The summed E-state index contributed by atoms with van der Waals surface area (Å²) >= 11 is 1.91. The van der Waals surface area contributed by atoms with E-state index in [0.717, 1.165) is 25.9 Å². The smallest absolute Gasteiger partial charge is 0.0299 e. The van der Waals surface area contributed by atoms with Crippen molar-refractivity contribution in [3.63, 3.8) is 0 Å². The van der Waals surface area contributed by atoms with Crippen molar-refractivity contribution in [3.05, 3.63) is 21.9 Å². The number of rotatable bonds is 6. The lowest BCUT2D eigenvalue weighted by molar-refractivity contribution is 0.604. The third-order valence-corrected chi connectivity index (χ3v) is 4.14. The number of terminal acetylenes is 1. The Bertz CT molecular complexity index is 365. The van der Waals surface area contributed by atoms with E-state index in [-0.39, 0.29) is 5.41 Å². The van der Waals surface area contributed by atoms with Crippen molar-refractivity contribution in [1.82, 2.24) is 5.32 Å². The maximum absolute atomic E-state index is 5.21. The highest BCUT2D eigenvalue weighted by Crippen LogP contribution is 2.29.